The van der Waals surface area contributed by atoms with Gasteiger partial charge in [0.05, 0.1) is 15.9 Å². The fourth-order valence-electron chi connectivity index (χ4n) is 2.47. The van der Waals surface area contributed by atoms with Gasteiger partial charge in [-0.1, -0.05) is 17.7 Å². The molecule has 1 aromatic carbocycles. The number of nitrogens with one attached hydrogen (secondary N) is 1. The Morgan fingerprint density at radius 3 is 2.88 bits per heavy atom. The highest BCUT2D eigenvalue weighted by Gasteiger charge is 2.16. The first-order valence-corrected chi connectivity index (χ1v) is 5.97. The molecular weight excluding hydrogens is 222 g/mol. The van der Waals surface area contributed by atoms with Crippen LogP contribution in [-0.2, 0) is 12.8 Å². The molecule has 0 spiro atoms. The summed E-state index contributed by atoms with van der Waals surface area (Å²) in [6.07, 6.45) is 4.12. The minimum absolute atomic E-state index is 0.119. The first kappa shape index (κ1) is 9.91. The van der Waals surface area contributed by atoms with Crippen LogP contribution >= 0.6 is 11.6 Å². The van der Waals surface area contributed by atoms with Gasteiger partial charge in [0.25, 0.3) is 0 Å². The number of aromatic amines is 1. The third-order valence-corrected chi connectivity index (χ3v) is 3.58. The number of rotatable bonds is 0. The largest absolute Gasteiger partial charge is 0.358 e. The van der Waals surface area contributed by atoms with Gasteiger partial charge in [0.2, 0.25) is 0 Å². The van der Waals surface area contributed by atoms with Crippen LogP contribution in [0.15, 0.2) is 23.0 Å². The van der Waals surface area contributed by atoms with Gasteiger partial charge >= 0.3 is 0 Å². The number of halogens is 1. The van der Waals surface area contributed by atoms with Gasteiger partial charge < -0.3 is 4.98 Å². The summed E-state index contributed by atoms with van der Waals surface area (Å²) >= 11 is 6.08. The first-order chi connectivity index (χ1) is 7.77. The molecule has 82 valence electrons. The van der Waals surface area contributed by atoms with Crippen LogP contribution in [0, 0.1) is 0 Å². The summed E-state index contributed by atoms with van der Waals surface area (Å²) in [6.45, 7) is 0. The molecular formula is C13H12ClNO. The van der Waals surface area contributed by atoms with Crippen molar-refractivity contribution in [3.05, 3.63) is 44.7 Å². The Morgan fingerprint density at radius 2 is 2.00 bits per heavy atom. The van der Waals surface area contributed by atoms with Crippen molar-refractivity contribution in [1.82, 2.24) is 4.98 Å². The molecule has 1 heterocycles. The number of benzene rings is 1. The number of fused-ring (bicyclic) bond motifs is 2. The summed E-state index contributed by atoms with van der Waals surface area (Å²) in [5.41, 5.74) is 3.02. The standard InChI is InChI=1S/C13H12ClNO/c14-9-5-3-7-11-12(9)13(16)8-4-1-2-6-10(8)15-11/h3,5,7H,1-2,4,6H2,(H,15,16). The summed E-state index contributed by atoms with van der Waals surface area (Å²) in [5, 5.41) is 1.19. The second-order valence-corrected chi connectivity index (χ2v) is 4.69. The SMILES string of the molecule is O=c1c2c([nH]c3cccc(Cl)c13)CCCC2. The van der Waals surface area contributed by atoms with Crippen LogP contribution in [0.3, 0.4) is 0 Å². The Bertz CT molecular complexity index is 615. The Labute approximate surface area is 98.3 Å². The van der Waals surface area contributed by atoms with Crippen LogP contribution in [0.25, 0.3) is 10.9 Å². The zero-order valence-electron chi connectivity index (χ0n) is 8.85. The highest BCUT2D eigenvalue weighted by molar-refractivity contribution is 6.35. The zero-order chi connectivity index (χ0) is 11.1. The van der Waals surface area contributed by atoms with Crippen molar-refractivity contribution < 1.29 is 0 Å². The topological polar surface area (TPSA) is 32.9 Å². The predicted octanol–water partition coefficient (Wildman–Crippen LogP) is 3.06. The average Bonchev–Trinajstić information content (AvgIpc) is 2.29. The number of hydrogen-bond donors (Lipinski definition) is 1. The fourth-order valence-corrected chi connectivity index (χ4v) is 2.73. The van der Waals surface area contributed by atoms with Crippen molar-refractivity contribution in [2.45, 2.75) is 25.7 Å². The lowest BCUT2D eigenvalue weighted by Gasteiger charge is -2.16. The third-order valence-electron chi connectivity index (χ3n) is 3.27. The van der Waals surface area contributed by atoms with E-state index in [1.807, 2.05) is 12.1 Å². The minimum atomic E-state index is 0.119. The molecule has 0 saturated carbocycles. The molecule has 0 fully saturated rings. The van der Waals surface area contributed by atoms with Crippen LogP contribution in [0.5, 0.6) is 0 Å². The van der Waals surface area contributed by atoms with Crippen molar-refractivity contribution in [2.24, 2.45) is 0 Å². The smallest absolute Gasteiger partial charge is 0.194 e. The van der Waals surface area contributed by atoms with Crippen molar-refractivity contribution in [3.63, 3.8) is 0 Å². The van der Waals surface area contributed by atoms with Gasteiger partial charge in [-0.3, -0.25) is 4.79 Å². The highest BCUT2D eigenvalue weighted by atomic mass is 35.5. The fraction of sp³-hybridized carbons (Fsp3) is 0.308. The van der Waals surface area contributed by atoms with Crippen LogP contribution in [-0.4, -0.2) is 4.98 Å². The summed E-state index contributed by atoms with van der Waals surface area (Å²) in [7, 11) is 0. The van der Waals surface area contributed by atoms with Gasteiger partial charge in [-0.2, -0.15) is 0 Å². The van der Waals surface area contributed by atoms with E-state index in [0.29, 0.717) is 10.4 Å². The van der Waals surface area contributed by atoms with E-state index in [9.17, 15) is 4.79 Å². The van der Waals surface area contributed by atoms with Crippen LogP contribution in [0.4, 0.5) is 0 Å². The van der Waals surface area contributed by atoms with Gasteiger partial charge in [-0.25, -0.2) is 0 Å². The van der Waals surface area contributed by atoms with Gasteiger partial charge in [0.15, 0.2) is 5.43 Å². The Kier molecular flexibility index (Phi) is 2.25. The normalized spacial score (nSPS) is 15.1. The molecule has 1 aliphatic carbocycles. The van der Waals surface area contributed by atoms with E-state index in [4.69, 9.17) is 11.6 Å². The number of H-pyrrole nitrogens is 1. The number of aryl methyl sites for hydroxylation is 1. The summed E-state index contributed by atoms with van der Waals surface area (Å²) < 4.78 is 0. The van der Waals surface area contributed by atoms with Crippen molar-refractivity contribution >= 4 is 22.5 Å². The van der Waals surface area contributed by atoms with Gasteiger partial charge in [-0.15, -0.1) is 0 Å². The molecule has 3 heteroatoms. The van der Waals surface area contributed by atoms with Crippen LogP contribution in [0.1, 0.15) is 24.1 Å². The predicted molar refractivity (Wildman–Crippen MR) is 66.2 cm³/mol. The minimum Gasteiger partial charge on any atom is -0.358 e. The molecule has 1 N–H and O–H groups in total. The molecule has 0 atom stereocenters. The lowest BCUT2D eigenvalue weighted by atomic mass is 9.94. The molecule has 16 heavy (non-hydrogen) atoms. The maximum absolute atomic E-state index is 12.3. The molecule has 1 aromatic heterocycles. The van der Waals surface area contributed by atoms with E-state index < -0.39 is 0 Å². The zero-order valence-corrected chi connectivity index (χ0v) is 9.60. The lowest BCUT2D eigenvalue weighted by Crippen LogP contribution is -2.18. The first-order valence-electron chi connectivity index (χ1n) is 5.59. The van der Waals surface area contributed by atoms with Gasteiger partial charge in [0.1, 0.15) is 0 Å². The molecule has 3 rings (SSSR count). The number of pyridine rings is 1. The molecule has 2 nitrogen and oxygen atoms in total. The third kappa shape index (κ3) is 1.37. The Morgan fingerprint density at radius 1 is 1.19 bits per heavy atom. The number of aromatic nitrogens is 1. The van der Waals surface area contributed by atoms with E-state index in [1.165, 1.54) is 0 Å². The Hall–Kier alpha value is -1.28. The molecule has 1 aliphatic rings. The highest BCUT2D eigenvalue weighted by Crippen LogP contribution is 2.23. The molecule has 0 amide bonds. The van der Waals surface area contributed by atoms with Crippen molar-refractivity contribution in [3.8, 4) is 0 Å². The molecule has 0 radical (unpaired) electrons. The summed E-state index contributed by atoms with van der Waals surface area (Å²) in [5.74, 6) is 0. The van der Waals surface area contributed by atoms with E-state index in [0.717, 1.165) is 42.5 Å². The Balaban J connectivity index is 2.45. The second kappa shape index (κ2) is 3.63. The maximum Gasteiger partial charge on any atom is 0.194 e. The van der Waals surface area contributed by atoms with Crippen molar-refractivity contribution in [1.29, 1.82) is 0 Å². The van der Waals surface area contributed by atoms with E-state index >= 15 is 0 Å². The molecule has 2 aromatic rings. The van der Waals surface area contributed by atoms with Gasteiger partial charge in [-0.05, 0) is 37.8 Å². The summed E-state index contributed by atoms with van der Waals surface area (Å²) in [4.78, 5) is 15.6. The lowest BCUT2D eigenvalue weighted by molar-refractivity contribution is 0.668. The van der Waals surface area contributed by atoms with E-state index in [1.54, 1.807) is 6.07 Å². The van der Waals surface area contributed by atoms with E-state index in [2.05, 4.69) is 4.98 Å². The molecule has 0 bridgehead atoms. The quantitative estimate of drug-likeness (QED) is 0.745. The van der Waals surface area contributed by atoms with E-state index in [-0.39, 0.29) is 5.43 Å². The maximum atomic E-state index is 12.3. The average molecular weight is 234 g/mol. The molecule has 0 aliphatic heterocycles. The van der Waals surface area contributed by atoms with Crippen molar-refractivity contribution in [2.75, 3.05) is 0 Å². The molecule has 0 unspecified atom stereocenters. The second-order valence-electron chi connectivity index (χ2n) is 4.28. The van der Waals surface area contributed by atoms with Crippen LogP contribution < -0.4 is 5.43 Å². The monoisotopic (exact) mass is 233 g/mol. The van der Waals surface area contributed by atoms with Gasteiger partial charge in [0, 0.05) is 11.3 Å². The molecule has 0 saturated heterocycles. The number of hydrogen-bond acceptors (Lipinski definition) is 1. The summed E-state index contributed by atoms with van der Waals surface area (Å²) in [6, 6.07) is 5.56. The van der Waals surface area contributed by atoms with Crippen LogP contribution in [0.2, 0.25) is 5.02 Å².